The molecule has 3 rings (SSSR count). The second kappa shape index (κ2) is 5.37. The lowest BCUT2D eigenvalue weighted by Crippen LogP contribution is -2.26. The van der Waals surface area contributed by atoms with Crippen molar-refractivity contribution < 1.29 is 8.42 Å². The van der Waals surface area contributed by atoms with Crippen LogP contribution in [0.15, 0.2) is 18.2 Å². The van der Waals surface area contributed by atoms with Crippen LogP contribution in [0.4, 0.5) is 5.69 Å². The Hall–Kier alpha value is -1.07. The molecule has 1 saturated heterocycles. The second-order valence-corrected chi connectivity index (χ2v) is 8.32. The van der Waals surface area contributed by atoms with Gasteiger partial charge in [0, 0.05) is 25.3 Å². The zero-order chi connectivity index (χ0) is 14.2. The maximum atomic E-state index is 11.5. The summed E-state index contributed by atoms with van der Waals surface area (Å²) in [5.74, 6) is 1.03. The minimum Gasteiger partial charge on any atom is -0.384 e. The van der Waals surface area contributed by atoms with Crippen molar-refractivity contribution in [3.05, 3.63) is 29.3 Å². The fourth-order valence-electron chi connectivity index (χ4n) is 3.35. The topological polar surface area (TPSA) is 49.4 Å². The van der Waals surface area contributed by atoms with Gasteiger partial charge >= 0.3 is 0 Å². The van der Waals surface area contributed by atoms with Gasteiger partial charge in [0.2, 0.25) is 0 Å². The predicted molar refractivity (Wildman–Crippen MR) is 81.7 cm³/mol. The average Bonchev–Trinajstić information content (AvgIpc) is 2.96. The number of benzene rings is 1. The van der Waals surface area contributed by atoms with Crippen molar-refractivity contribution >= 4 is 15.5 Å². The van der Waals surface area contributed by atoms with Gasteiger partial charge in [-0.25, -0.2) is 8.42 Å². The summed E-state index contributed by atoms with van der Waals surface area (Å²) >= 11 is 0. The van der Waals surface area contributed by atoms with E-state index in [1.807, 2.05) is 0 Å². The maximum Gasteiger partial charge on any atom is 0.150 e. The van der Waals surface area contributed by atoms with E-state index < -0.39 is 9.84 Å². The van der Waals surface area contributed by atoms with Gasteiger partial charge in [-0.05, 0) is 36.9 Å². The quantitative estimate of drug-likeness (QED) is 0.915. The summed E-state index contributed by atoms with van der Waals surface area (Å²) in [7, 11) is -0.680. The van der Waals surface area contributed by atoms with Gasteiger partial charge in [0.25, 0.3) is 0 Å². The third kappa shape index (κ3) is 2.99. The Balaban J connectivity index is 1.62. The van der Waals surface area contributed by atoms with Crippen LogP contribution in [0.1, 0.15) is 17.5 Å². The summed E-state index contributed by atoms with van der Waals surface area (Å²) in [5.41, 5.74) is 4.01. The third-order valence-corrected chi connectivity index (χ3v) is 6.11. The smallest absolute Gasteiger partial charge is 0.150 e. The van der Waals surface area contributed by atoms with Crippen LogP contribution in [0.2, 0.25) is 0 Å². The van der Waals surface area contributed by atoms with E-state index in [0.717, 1.165) is 32.5 Å². The summed E-state index contributed by atoms with van der Waals surface area (Å²) in [6.45, 7) is 2.77. The fraction of sp³-hybridized carbons (Fsp3) is 0.600. The van der Waals surface area contributed by atoms with Crippen molar-refractivity contribution in [2.24, 2.45) is 5.92 Å². The Bertz CT molecular complexity index is 598. The Morgan fingerprint density at radius 1 is 1.40 bits per heavy atom. The van der Waals surface area contributed by atoms with Crippen molar-refractivity contribution in [3.63, 3.8) is 0 Å². The first-order valence-corrected chi connectivity index (χ1v) is 9.09. The molecule has 0 amide bonds. The van der Waals surface area contributed by atoms with E-state index in [-0.39, 0.29) is 0 Å². The third-order valence-electron chi connectivity index (χ3n) is 4.27. The zero-order valence-corrected chi connectivity index (χ0v) is 12.7. The number of nitrogens with one attached hydrogen (secondary N) is 1. The molecule has 0 spiro atoms. The van der Waals surface area contributed by atoms with Crippen LogP contribution in [0.3, 0.4) is 0 Å². The Morgan fingerprint density at radius 2 is 2.25 bits per heavy atom. The maximum absolute atomic E-state index is 11.5. The van der Waals surface area contributed by atoms with Crippen molar-refractivity contribution in [2.75, 3.05) is 37.0 Å². The van der Waals surface area contributed by atoms with Crippen LogP contribution in [0.25, 0.3) is 0 Å². The molecule has 110 valence electrons. The molecule has 1 aromatic carbocycles. The molecule has 20 heavy (non-hydrogen) atoms. The van der Waals surface area contributed by atoms with Crippen molar-refractivity contribution in [1.29, 1.82) is 0 Å². The molecule has 1 N–H and O–H groups in total. The molecule has 0 radical (unpaired) electrons. The van der Waals surface area contributed by atoms with Crippen molar-refractivity contribution in [1.82, 2.24) is 4.90 Å². The van der Waals surface area contributed by atoms with Gasteiger partial charge in [-0.3, -0.25) is 0 Å². The normalized spacial score (nSPS) is 23.8. The first-order valence-electron chi connectivity index (χ1n) is 7.27. The number of nitrogens with zero attached hydrogens (tertiary/aromatic N) is 1. The largest absolute Gasteiger partial charge is 0.384 e. The fourth-order valence-corrected chi connectivity index (χ4v) is 5.20. The van der Waals surface area contributed by atoms with Crippen LogP contribution in [-0.4, -0.2) is 45.0 Å². The number of para-hydroxylation sites is 1. The molecule has 4 nitrogen and oxygen atoms in total. The molecule has 1 fully saturated rings. The summed E-state index contributed by atoms with van der Waals surface area (Å²) in [6, 6.07) is 6.47. The van der Waals surface area contributed by atoms with Gasteiger partial charge in [-0.1, -0.05) is 18.2 Å². The van der Waals surface area contributed by atoms with E-state index in [2.05, 4.69) is 35.5 Å². The number of hydrogen-bond donors (Lipinski definition) is 1. The highest BCUT2D eigenvalue weighted by molar-refractivity contribution is 7.91. The zero-order valence-electron chi connectivity index (χ0n) is 11.9. The summed E-state index contributed by atoms with van der Waals surface area (Å²) in [4.78, 5) is 2.25. The Kier molecular flexibility index (Phi) is 3.73. The molecular weight excluding hydrogens is 272 g/mol. The first-order chi connectivity index (χ1) is 9.53. The number of sulfone groups is 1. The van der Waals surface area contributed by atoms with E-state index in [1.165, 1.54) is 16.8 Å². The Labute approximate surface area is 121 Å². The van der Waals surface area contributed by atoms with Gasteiger partial charge < -0.3 is 10.2 Å². The molecule has 0 aliphatic carbocycles. The predicted octanol–water partition coefficient (Wildman–Crippen LogP) is 1.52. The van der Waals surface area contributed by atoms with Gasteiger partial charge in [0.1, 0.15) is 0 Å². The molecule has 1 atom stereocenters. The molecule has 2 aliphatic heterocycles. The van der Waals surface area contributed by atoms with Gasteiger partial charge in [0.15, 0.2) is 9.84 Å². The molecule has 2 heterocycles. The lowest BCUT2D eigenvalue weighted by Gasteiger charge is -2.21. The highest BCUT2D eigenvalue weighted by atomic mass is 32.2. The second-order valence-electron chi connectivity index (χ2n) is 6.09. The van der Waals surface area contributed by atoms with Gasteiger partial charge in [-0.15, -0.1) is 0 Å². The van der Waals surface area contributed by atoms with E-state index >= 15 is 0 Å². The monoisotopic (exact) mass is 294 g/mol. The SMILES string of the molecule is CN(Cc1cccc2c1NCC2)CC1CCS(=O)(=O)C1. The molecule has 0 aromatic heterocycles. The lowest BCUT2D eigenvalue weighted by molar-refractivity contribution is 0.282. The van der Waals surface area contributed by atoms with Gasteiger partial charge in [0.05, 0.1) is 11.5 Å². The first kappa shape index (κ1) is 13.9. The van der Waals surface area contributed by atoms with E-state index in [9.17, 15) is 8.42 Å². The molecule has 5 heteroatoms. The molecule has 1 aromatic rings. The molecular formula is C15H22N2O2S. The van der Waals surface area contributed by atoms with Crippen LogP contribution >= 0.6 is 0 Å². The Morgan fingerprint density at radius 3 is 3.00 bits per heavy atom. The standard InChI is InChI=1S/C15H22N2O2S/c1-17(9-12-6-8-20(18,19)11-12)10-14-4-2-3-13-5-7-16-15(13)14/h2-4,12,16H,5-11H2,1H3. The molecule has 0 bridgehead atoms. The number of fused-ring (bicyclic) bond motifs is 1. The molecule has 2 aliphatic rings. The minimum atomic E-state index is -2.76. The molecule has 1 unspecified atom stereocenters. The van der Waals surface area contributed by atoms with Crippen LogP contribution in [-0.2, 0) is 22.8 Å². The van der Waals surface area contributed by atoms with Crippen molar-refractivity contribution in [2.45, 2.75) is 19.4 Å². The lowest BCUT2D eigenvalue weighted by atomic mass is 10.1. The number of hydrogen-bond acceptors (Lipinski definition) is 4. The highest BCUT2D eigenvalue weighted by Gasteiger charge is 2.28. The highest BCUT2D eigenvalue weighted by Crippen LogP contribution is 2.27. The van der Waals surface area contributed by atoms with Gasteiger partial charge in [-0.2, -0.15) is 0 Å². The number of anilines is 1. The van der Waals surface area contributed by atoms with Crippen LogP contribution in [0, 0.1) is 5.92 Å². The van der Waals surface area contributed by atoms with Crippen LogP contribution in [0.5, 0.6) is 0 Å². The average molecular weight is 294 g/mol. The van der Waals surface area contributed by atoms with Crippen LogP contribution < -0.4 is 5.32 Å². The summed E-state index contributed by atoms with van der Waals surface area (Å²) < 4.78 is 23.0. The summed E-state index contributed by atoms with van der Waals surface area (Å²) in [6.07, 6.45) is 1.92. The minimum absolute atomic E-state index is 0.301. The van der Waals surface area contributed by atoms with E-state index in [4.69, 9.17) is 0 Å². The van der Waals surface area contributed by atoms with E-state index in [1.54, 1.807) is 0 Å². The van der Waals surface area contributed by atoms with E-state index in [0.29, 0.717) is 17.4 Å². The number of rotatable bonds is 4. The summed E-state index contributed by atoms with van der Waals surface area (Å²) in [5, 5.41) is 3.46. The van der Waals surface area contributed by atoms with Crippen molar-refractivity contribution in [3.8, 4) is 0 Å². The molecule has 0 saturated carbocycles.